The first-order valence-corrected chi connectivity index (χ1v) is 7.68. The third kappa shape index (κ3) is 3.02. The molecule has 1 aliphatic rings. The molecule has 0 saturated heterocycles. The monoisotopic (exact) mass is 283 g/mol. The molecule has 21 heavy (non-hydrogen) atoms. The zero-order valence-electron chi connectivity index (χ0n) is 12.4. The van der Waals surface area contributed by atoms with Crippen LogP contribution in [0.5, 0.6) is 0 Å². The Morgan fingerprint density at radius 1 is 1.24 bits per heavy atom. The number of rotatable bonds is 3. The lowest BCUT2D eigenvalue weighted by atomic mass is 9.87. The highest BCUT2D eigenvalue weighted by Crippen LogP contribution is 2.34. The second-order valence-electron chi connectivity index (χ2n) is 6.03. The Morgan fingerprint density at radius 3 is 2.71 bits per heavy atom. The first-order valence-electron chi connectivity index (χ1n) is 7.68. The molecular formula is C18H21NO2. The van der Waals surface area contributed by atoms with Gasteiger partial charge in [0.15, 0.2) is 0 Å². The van der Waals surface area contributed by atoms with Crippen LogP contribution in [0.2, 0.25) is 0 Å². The van der Waals surface area contributed by atoms with E-state index in [-0.39, 0.29) is 0 Å². The molecule has 1 fully saturated rings. The Balaban J connectivity index is 1.93. The Hall–Kier alpha value is -2.03. The van der Waals surface area contributed by atoms with Crippen molar-refractivity contribution in [2.45, 2.75) is 44.9 Å². The number of aliphatic carboxylic acids is 1. The van der Waals surface area contributed by atoms with E-state index in [0.29, 0.717) is 5.92 Å². The summed E-state index contributed by atoms with van der Waals surface area (Å²) in [6.45, 7) is 1.84. The molecule has 1 heterocycles. The van der Waals surface area contributed by atoms with E-state index in [1.54, 1.807) is 0 Å². The number of benzene rings is 1. The van der Waals surface area contributed by atoms with Crippen molar-refractivity contribution in [1.82, 2.24) is 4.98 Å². The summed E-state index contributed by atoms with van der Waals surface area (Å²) in [5, 5.41) is 10.0. The standard InChI is InChI=1S/C18H21NO2/c1-12(9-18(20)21)14-7-8-16-15(10-14)11-17(19-16)13-5-3-2-4-6-13/h7-11,13,19H,2-6H2,1H3,(H,20,21)/b12-9+. The highest BCUT2D eigenvalue weighted by atomic mass is 16.4. The van der Waals surface area contributed by atoms with Crippen LogP contribution in [0.15, 0.2) is 30.3 Å². The van der Waals surface area contributed by atoms with Crippen LogP contribution in [-0.4, -0.2) is 16.1 Å². The minimum absolute atomic E-state index is 0.658. The van der Waals surface area contributed by atoms with Crippen LogP contribution in [0.1, 0.15) is 56.2 Å². The number of carboxylic acid groups (broad SMARTS) is 1. The highest BCUT2D eigenvalue weighted by Gasteiger charge is 2.17. The molecule has 2 N–H and O–H groups in total. The van der Waals surface area contributed by atoms with E-state index in [1.165, 1.54) is 49.3 Å². The maximum absolute atomic E-state index is 10.8. The van der Waals surface area contributed by atoms with Crippen molar-refractivity contribution in [3.05, 3.63) is 41.6 Å². The SMILES string of the molecule is C/C(=C\C(=O)O)c1ccc2[nH]c(C3CCCCC3)cc2c1. The van der Waals surface area contributed by atoms with Gasteiger partial charge in [0, 0.05) is 22.7 Å². The largest absolute Gasteiger partial charge is 0.478 e. The van der Waals surface area contributed by atoms with Gasteiger partial charge in [-0.3, -0.25) is 0 Å². The second kappa shape index (κ2) is 5.76. The van der Waals surface area contributed by atoms with Gasteiger partial charge >= 0.3 is 5.97 Å². The average Bonchev–Trinajstić information content (AvgIpc) is 2.90. The number of fused-ring (bicyclic) bond motifs is 1. The van der Waals surface area contributed by atoms with Gasteiger partial charge in [0.25, 0.3) is 0 Å². The van der Waals surface area contributed by atoms with Crippen molar-refractivity contribution in [2.24, 2.45) is 0 Å². The molecule has 0 atom stereocenters. The topological polar surface area (TPSA) is 53.1 Å². The summed E-state index contributed by atoms with van der Waals surface area (Å²) in [6.07, 6.45) is 7.82. The Labute approximate surface area is 124 Å². The van der Waals surface area contributed by atoms with Gasteiger partial charge in [-0.15, -0.1) is 0 Å². The predicted molar refractivity (Wildman–Crippen MR) is 85.4 cm³/mol. The second-order valence-corrected chi connectivity index (χ2v) is 6.03. The summed E-state index contributed by atoms with van der Waals surface area (Å²) >= 11 is 0. The number of carbonyl (C=O) groups is 1. The van der Waals surface area contributed by atoms with E-state index in [0.717, 1.165) is 16.7 Å². The molecule has 3 rings (SSSR count). The van der Waals surface area contributed by atoms with E-state index < -0.39 is 5.97 Å². The van der Waals surface area contributed by atoms with Crippen LogP contribution in [0.3, 0.4) is 0 Å². The molecule has 0 bridgehead atoms. The van der Waals surface area contributed by atoms with Crippen molar-refractivity contribution in [3.63, 3.8) is 0 Å². The minimum Gasteiger partial charge on any atom is -0.478 e. The normalized spacial score (nSPS) is 17.3. The van der Waals surface area contributed by atoms with Crippen molar-refractivity contribution in [2.75, 3.05) is 0 Å². The van der Waals surface area contributed by atoms with Crippen LogP contribution in [0.25, 0.3) is 16.5 Å². The number of hydrogen-bond acceptors (Lipinski definition) is 1. The van der Waals surface area contributed by atoms with E-state index in [4.69, 9.17) is 5.11 Å². The van der Waals surface area contributed by atoms with Gasteiger partial charge in [-0.05, 0) is 55.0 Å². The molecular weight excluding hydrogens is 262 g/mol. The van der Waals surface area contributed by atoms with Gasteiger partial charge in [0.2, 0.25) is 0 Å². The first kappa shape index (κ1) is 13.9. The molecule has 0 radical (unpaired) electrons. The molecule has 3 heteroatoms. The van der Waals surface area contributed by atoms with Crippen LogP contribution < -0.4 is 0 Å². The van der Waals surface area contributed by atoms with E-state index >= 15 is 0 Å². The maximum Gasteiger partial charge on any atom is 0.328 e. The van der Waals surface area contributed by atoms with Gasteiger partial charge in [-0.25, -0.2) is 4.79 Å². The fourth-order valence-electron chi connectivity index (χ4n) is 3.30. The third-order valence-corrected chi connectivity index (χ3v) is 4.48. The summed E-state index contributed by atoms with van der Waals surface area (Å²) in [4.78, 5) is 14.3. The molecule has 0 aliphatic heterocycles. The molecule has 1 aromatic heterocycles. The third-order valence-electron chi connectivity index (χ3n) is 4.48. The Morgan fingerprint density at radius 2 is 2.00 bits per heavy atom. The quantitative estimate of drug-likeness (QED) is 0.802. The number of carboxylic acids is 1. The fraction of sp³-hybridized carbons (Fsp3) is 0.389. The van der Waals surface area contributed by atoms with Gasteiger partial charge in [-0.2, -0.15) is 0 Å². The number of H-pyrrole nitrogens is 1. The zero-order valence-corrected chi connectivity index (χ0v) is 12.4. The van der Waals surface area contributed by atoms with Crippen molar-refractivity contribution in [3.8, 4) is 0 Å². The molecule has 110 valence electrons. The molecule has 3 nitrogen and oxygen atoms in total. The zero-order chi connectivity index (χ0) is 14.8. The minimum atomic E-state index is -0.899. The first-order chi connectivity index (χ1) is 10.1. The van der Waals surface area contributed by atoms with E-state index in [1.807, 2.05) is 13.0 Å². The maximum atomic E-state index is 10.8. The van der Waals surface area contributed by atoms with E-state index in [9.17, 15) is 4.79 Å². The van der Waals surface area contributed by atoms with Gasteiger partial charge in [0.05, 0.1) is 0 Å². The van der Waals surface area contributed by atoms with Gasteiger partial charge < -0.3 is 10.1 Å². The highest BCUT2D eigenvalue weighted by molar-refractivity contribution is 5.92. The number of hydrogen-bond donors (Lipinski definition) is 2. The Bertz CT molecular complexity index is 690. The molecule has 1 saturated carbocycles. The lowest BCUT2D eigenvalue weighted by molar-refractivity contribution is -0.131. The molecule has 0 spiro atoms. The summed E-state index contributed by atoms with van der Waals surface area (Å²) in [5.74, 6) is -0.241. The number of allylic oxidation sites excluding steroid dienone is 1. The summed E-state index contributed by atoms with van der Waals surface area (Å²) in [5.41, 5.74) is 4.23. The van der Waals surface area contributed by atoms with Crippen molar-refractivity contribution >= 4 is 22.4 Å². The van der Waals surface area contributed by atoms with Crippen molar-refractivity contribution in [1.29, 1.82) is 0 Å². The molecule has 2 aromatic rings. The van der Waals surface area contributed by atoms with Crippen LogP contribution >= 0.6 is 0 Å². The van der Waals surface area contributed by atoms with Gasteiger partial charge in [-0.1, -0.05) is 25.3 Å². The lowest BCUT2D eigenvalue weighted by Gasteiger charge is -2.20. The predicted octanol–water partition coefficient (Wildman–Crippen LogP) is 4.70. The molecule has 0 amide bonds. The van der Waals surface area contributed by atoms with Gasteiger partial charge in [0.1, 0.15) is 0 Å². The van der Waals surface area contributed by atoms with Crippen LogP contribution in [-0.2, 0) is 4.79 Å². The average molecular weight is 283 g/mol. The summed E-state index contributed by atoms with van der Waals surface area (Å²) in [7, 11) is 0. The smallest absolute Gasteiger partial charge is 0.328 e. The van der Waals surface area contributed by atoms with E-state index in [2.05, 4.69) is 23.2 Å². The Kier molecular flexibility index (Phi) is 3.82. The number of aromatic amines is 1. The summed E-state index contributed by atoms with van der Waals surface area (Å²) < 4.78 is 0. The van der Waals surface area contributed by atoms with Crippen LogP contribution in [0.4, 0.5) is 0 Å². The lowest BCUT2D eigenvalue weighted by Crippen LogP contribution is -2.04. The number of aromatic nitrogens is 1. The van der Waals surface area contributed by atoms with Crippen molar-refractivity contribution < 1.29 is 9.90 Å². The molecule has 1 aliphatic carbocycles. The number of nitrogens with one attached hydrogen (secondary N) is 1. The molecule has 0 unspecified atom stereocenters. The van der Waals surface area contributed by atoms with Crippen LogP contribution in [0, 0.1) is 0 Å². The molecule has 1 aromatic carbocycles. The fourth-order valence-corrected chi connectivity index (χ4v) is 3.30. The summed E-state index contributed by atoms with van der Waals surface area (Å²) in [6, 6.07) is 8.35.